The first kappa shape index (κ1) is 12.8. The van der Waals surface area contributed by atoms with Crippen molar-refractivity contribution in [3.05, 3.63) is 35.3 Å². The molecule has 0 amide bonds. The van der Waals surface area contributed by atoms with Gasteiger partial charge in [-0.1, -0.05) is 19.9 Å². The predicted octanol–water partition coefficient (Wildman–Crippen LogP) is 3.17. The standard InChI is InChI=1S/C14H18FN3/c1-8(2)6-10-7-12(18-16)13-11(15)5-4-9(3)14(13)17-10/h4-5,7-8H,6,16H2,1-3H3,(H,17,18). The molecule has 0 aliphatic rings. The van der Waals surface area contributed by atoms with Crippen molar-refractivity contribution in [1.82, 2.24) is 4.98 Å². The summed E-state index contributed by atoms with van der Waals surface area (Å²) >= 11 is 0. The molecule has 18 heavy (non-hydrogen) atoms. The van der Waals surface area contributed by atoms with Gasteiger partial charge in [0.25, 0.3) is 0 Å². The summed E-state index contributed by atoms with van der Waals surface area (Å²) in [5.41, 5.74) is 5.73. The van der Waals surface area contributed by atoms with Gasteiger partial charge in [-0.25, -0.2) is 4.39 Å². The molecule has 0 bridgehead atoms. The average molecular weight is 247 g/mol. The van der Waals surface area contributed by atoms with E-state index in [1.54, 1.807) is 6.07 Å². The smallest absolute Gasteiger partial charge is 0.134 e. The summed E-state index contributed by atoms with van der Waals surface area (Å²) < 4.78 is 13.9. The lowest BCUT2D eigenvalue weighted by atomic mass is 10.0. The number of hydrogen-bond acceptors (Lipinski definition) is 3. The molecule has 3 nitrogen and oxygen atoms in total. The summed E-state index contributed by atoms with van der Waals surface area (Å²) in [6, 6.07) is 5.01. The Morgan fingerprint density at radius 2 is 2.11 bits per heavy atom. The van der Waals surface area contributed by atoms with Gasteiger partial charge in [0.1, 0.15) is 5.82 Å². The lowest BCUT2D eigenvalue weighted by Gasteiger charge is -2.12. The molecule has 1 aromatic carbocycles. The second-order valence-corrected chi connectivity index (χ2v) is 4.99. The highest BCUT2D eigenvalue weighted by atomic mass is 19.1. The van der Waals surface area contributed by atoms with Gasteiger partial charge in [-0.05, 0) is 37.0 Å². The third kappa shape index (κ3) is 2.29. The van der Waals surface area contributed by atoms with Gasteiger partial charge in [0.05, 0.1) is 16.6 Å². The molecule has 96 valence electrons. The number of halogens is 1. The summed E-state index contributed by atoms with van der Waals surface area (Å²) in [5.74, 6) is 5.69. The monoisotopic (exact) mass is 247 g/mol. The van der Waals surface area contributed by atoms with E-state index in [1.807, 2.05) is 13.0 Å². The Morgan fingerprint density at radius 1 is 1.39 bits per heavy atom. The van der Waals surface area contributed by atoms with Gasteiger partial charge >= 0.3 is 0 Å². The minimum Gasteiger partial charge on any atom is -0.323 e. The molecule has 0 saturated carbocycles. The van der Waals surface area contributed by atoms with Gasteiger partial charge in [-0.15, -0.1) is 0 Å². The van der Waals surface area contributed by atoms with E-state index in [2.05, 4.69) is 24.3 Å². The maximum absolute atomic E-state index is 13.9. The molecule has 2 rings (SSSR count). The second-order valence-electron chi connectivity index (χ2n) is 4.99. The summed E-state index contributed by atoms with van der Waals surface area (Å²) in [6.45, 7) is 6.17. The molecular weight excluding hydrogens is 229 g/mol. The van der Waals surface area contributed by atoms with Crippen molar-refractivity contribution in [3.8, 4) is 0 Å². The average Bonchev–Trinajstić information content (AvgIpc) is 2.32. The fourth-order valence-electron chi connectivity index (χ4n) is 2.12. The highest BCUT2D eigenvalue weighted by molar-refractivity contribution is 5.93. The summed E-state index contributed by atoms with van der Waals surface area (Å²) in [6.07, 6.45) is 0.848. The van der Waals surface area contributed by atoms with Crippen LogP contribution in [0.15, 0.2) is 18.2 Å². The maximum Gasteiger partial charge on any atom is 0.134 e. The van der Waals surface area contributed by atoms with Gasteiger partial charge in [-0.2, -0.15) is 0 Å². The second kappa shape index (κ2) is 4.90. The topological polar surface area (TPSA) is 50.9 Å². The number of aromatic nitrogens is 1. The highest BCUT2D eigenvalue weighted by Crippen LogP contribution is 2.28. The zero-order valence-corrected chi connectivity index (χ0v) is 10.9. The van der Waals surface area contributed by atoms with Crippen LogP contribution in [0.4, 0.5) is 10.1 Å². The zero-order valence-electron chi connectivity index (χ0n) is 10.9. The summed E-state index contributed by atoms with van der Waals surface area (Å²) in [5, 5.41) is 0.463. The Labute approximate surface area is 106 Å². The number of nitrogen functional groups attached to an aromatic ring is 1. The third-order valence-corrected chi connectivity index (χ3v) is 2.94. The van der Waals surface area contributed by atoms with Crippen molar-refractivity contribution in [2.24, 2.45) is 11.8 Å². The third-order valence-electron chi connectivity index (χ3n) is 2.94. The number of hydrogen-bond donors (Lipinski definition) is 2. The van der Waals surface area contributed by atoms with Crippen LogP contribution in [0.1, 0.15) is 25.1 Å². The van der Waals surface area contributed by atoms with Gasteiger partial charge < -0.3 is 5.43 Å². The molecule has 4 heteroatoms. The lowest BCUT2D eigenvalue weighted by molar-refractivity contribution is 0.633. The Balaban J connectivity index is 2.71. The number of nitrogens with two attached hydrogens (primary N) is 1. The van der Waals surface area contributed by atoms with Crippen LogP contribution >= 0.6 is 0 Å². The summed E-state index contributed by atoms with van der Waals surface area (Å²) in [7, 11) is 0. The van der Waals surface area contributed by atoms with Crippen LogP contribution in [0.2, 0.25) is 0 Å². The normalized spacial score (nSPS) is 11.2. The lowest BCUT2D eigenvalue weighted by Crippen LogP contribution is -2.10. The van der Waals surface area contributed by atoms with Crippen LogP contribution in [0.3, 0.4) is 0 Å². The van der Waals surface area contributed by atoms with Gasteiger partial charge in [0.2, 0.25) is 0 Å². The number of benzene rings is 1. The first-order chi connectivity index (χ1) is 8.52. The van der Waals surface area contributed by atoms with E-state index < -0.39 is 0 Å². The fourth-order valence-corrected chi connectivity index (χ4v) is 2.12. The number of fused-ring (bicyclic) bond motifs is 1. The molecule has 2 aromatic rings. The highest BCUT2D eigenvalue weighted by Gasteiger charge is 2.12. The number of hydrazine groups is 1. The number of anilines is 1. The molecule has 0 radical (unpaired) electrons. The Bertz CT molecular complexity index is 579. The number of rotatable bonds is 3. The first-order valence-electron chi connectivity index (χ1n) is 6.08. The van der Waals surface area contributed by atoms with E-state index in [0.717, 1.165) is 17.7 Å². The van der Waals surface area contributed by atoms with Crippen molar-refractivity contribution in [2.45, 2.75) is 27.2 Å². The van der Waals surface area contributed by atoms with Crippen LogP contribution in [0.5, 0.6) is 0 Å². The van der Waals surface area contributed by atoms with Crippen molar-refractivity contribution in [3.63, 3.8) is 0 Å². The number of nitrogens with one attached hydrogen (secondary N) is 1. The van der Waals surface area contributed by atoms with E-state index >= 15 is 0 Å². The van der Waals surface area contributed by atoms with E-state index in [4.69, 9.17) is 5.84 Å². The molecule has 0 saturated heterocycles. The van der Waals surface area contributed by atoms with Crippen molar-refractivity contribution in [1.29, 1.82) is 0 Å². The number of aryl methyl sites for hydroxylation is 1. The minimum atomic E-state index is -0.299. The van der Waals surface area contributed by atoms with E-state index in [1.165, 1.54) is 6.07 Å². The molecular formula is C14H18FN3. The maximum atomic E-state index is 13.9. The van der Waals surface area contributed by atoms with Gasteiger partial charge in [0.15, 0.2) is 0 Å². The molecule has 0 aliphatic carbocycles. The predicted molar refractivity (Wildman–Crippen MR) is 72.8 cm³/mol. The zero-order chi connectivity index (χ0) is 13.3. The molecule has 3 N–H and O–H groups in total. The van der Waals surface area contributed by atoms with Crippen LogP contribution in [-0.4, -0.2) is 4.98 Å². The molecule has 0 aliphatic heterocycles. The van der Waals surface area contributed by atoms with Crippen LogP contribution in [-0.2, 0) is 6.42 Å². The van der Waals surface area contributed by atoms with Crippen LogP contribution in [0, 0.1) is 18.7 Å². The van der Waals surface area contributed by atoms with Crippen molar-refractivity contribution < 1.29 is 4.39 Å². The molecule has 0 atom stereocenters. The SMILES string of the molecule is Cc1ccc(F)c2c(NN)cc(CC(C)C)nc12. The molecule has 0 spiro atoms. The van der Waals surface area contributed by atoms with Gasteiger partial charge in [-0.3, -0.25) is 10.8 Å². The first-order valence-corrected chi connectivity index (χ1v) is 6.08. The number of pyridine rings is 1. The van der Waals surface area contributed by atoms with E-state index in [-0.39, 0.29) is 5.82 Å². The molecule has 0 fully saturated rings. The quantitative estimate of drug-likeness (QED) is 0.647. The Hall–Kier alpha value is -1.68. The minimum absolute atomic E-state index is 0.299. The molecule has 1 heterocycles. The van der Waals surface area contributed by atoms with E-state index in [0.29, 0.717) is 22.5 Å². The fraction of sp³-hybridized carbons (Fsp3) is 0.357. The van der Waals surface area contributed by atoms with Crippen molar-refractivity contribution >= 4 is 16.6 Å². The molecule has 0 unspecified atom stereocenters. The summed E-state index contributed by atoms with van der Waals surface area (Å²) in [4.78, 5) is 4.55. The van der Waals surface area contributed by atoms with Gasteiger partial charge in [0, 0.05) is 5.69 Å². The Morgan fingerprint density at radius 3 is 2.72 bits per heavy atom. The van der Waals surface area contributed by atoms with Crippen LogP contribution in [0.25, 0.3) is 10.9 Å². The van der Waals surface area contributed by atoms with Crippen LogP contribution < -0.4 is 11.3 Å². The molecule has 1 aromatic heterocycles. The number of nitrogens with zero attached hydrogens (tertiary/aromatic N) is 1. The Kier molecular flexibility index (Phi) is 3.48. The van der Waals surface area contributed by atoms with E-state index in [9.17, 15) is 4.39 Å². The largest absolute Gasteiger partial charge is 0.323 e. The van der Waals surface area contributed by atoms with Crippen molar-refractivity contribution in [2.75, 3.05) is 5.43 Å².